The third-order valence-corrected chi connectivity index (χ3v) is 8.25. The molecule has 0 aliphatic carbocycles. The van der Waals surface area contributed by atoms with Gasteiger partial charge in [-0.15, -0.1) is 0 Å². The van der Waals surface area contributed by atoms with Gasteiger partial charge in [0, 0.05) is 40.5 Å². The molecule has 0 bridgehead atoms. The van der Waals surface area contributed by atoms with Crippen LogP contribution >= 0.6 is 0 Å². The first-order valence-electron chi connectivity index (χ1n) is 17.8. The van der Waals surface area contributed by atoms with Crippen LogP contribution in [0.1, 0.15) is 176 Å². The van der Waals surface area contributed by atoms with E-state index in [1.165, 1.54) is 79.1 Å². The zero-order valence-electron chi connectivity index (χ0n) is 29.5. The highest BCUT2D eigenvalue weighted by atomic mass is 16.5. The van der Waals surface area contributed by atoms with Gasteiger partial charge in [-0.25, -0.2) is 0 Å². The maximum absolute atomic E-state index is 12.2. The molecule has 0 heterocycles. The number of rotatable bonds is 29. The summed E-state index contributed by atoms with van der Waals surface area (Å²) in [5, 5.41) is 5.64. The van der Waals surface area contributed by atoms with Crippen molar-refractivity contribution >= 4 is 29.5 Å². The van der Waals surface area contributed by atoms with Crippen LogP contribution in [0, 0.1) is 0 Å². The van der Waals surface area contributed by atoms with Crippen LogP contribution in [-0.4, -0.2) is 53.8 Å². The van der Waals surface area contributed by atoms with Crippen molar-refractivity contribution in [2.45, 2.75) is 201 Å². The number of carbonyl (C=O) groups excluding carboxylic acids is 5. The van der Waals surface area contributed by atoms with Gasteiger partial charge in [-0.1, -0.05) is 83.5 Å². The molecule has 0 rings (SSSR count). The second-order valence-electron chi connectivity index (χ2n) is 12.9. The fourth-order valence-corrected chi connectivity index (χ4v) is 5.83. The lowest BCUT2D eigenvalue weighted by Gasteiger charge is -2.24. The van der Waals surface area contributed by atoms with Crippen LogP contribution in [0.5, 0.6) is 0 Å². The minimum Gasteiger partial charge on any atom is -0.460 e. The molecule has 0 fully saturated rings. The van der Waals surface area contributed by atoms with E-state index in [0.717, 1.165) is 70.6 Å². The van der Waals surface area contributed by atoms with Gasteiger partial charge in [0.1, 0.15) is 18.0 Å². The SMILES string of the molecule is CC(=O)NC(C)C(CCCCCCCCCCCCCCC(=O)CCCCCCCC(OC(C)=O)C(C)NC(C)=O)OC(C)=O. The smallest absolute Gasteiger partial charge is 0.302 e. The van der Waals surface area contributed by atoms with Gasteiger partial charge in [-0.2, -0.15) is 0 Å². The van der Waals surface area contributed by atoms with E-state index in [9.17, 15) is 24.0 Å². The molecule has 2 amide bonds. The molecule has 2 N–H and O–H groups in total. The third kappa shape index (κ3) is 27.6. The Hall–Kier alpha value is -2.45. The predicted molar refractivity (Wildman–Crippen MR) is 180 cm³/mol. The molecule has 0 aromatic rings. The molecule has 0 radical (unpaired) electrons. The van der Waals surface area contributed by atoms with Crippen molar-refractivity contribution in [1.29, 1.82) is 0 Å². The van der Waals surface area contributed by atoms with E-state index >= 15 is 0 Å². The van der Waals surface area contributed by atoms with Gasteiger partial charge in [0.2, 0.25) is 11.8 Å². The summed E-state index contributed by atoms with van der Waals surface area (Å²) in [5.41, 5.74) is 0. The number of carbonyl (C=O) groups is 5. The van der Waals surface area contributed by atoms with Gasteiger partial charge in [0.15, 0.2) is 0 Å². The van der Waals surface area contributed by atoms with Gasteiger partial charge >= 0.3 is 11.9 Å². The average molecular weight is 639 g/mol. The number of nitrogens with one attached hydrogen (secondary N) is 2. The van der Waals surface area contributed by atoms with E-state index in [1.54, 1.807) is 0 Å². The number of hydrogen-bond acceptors (Lipinski definition) is 7. The molecule has 0 aliphatic heterocycles. The number of amides is 2. The van der Waals surface area contributed by atoms with Crippen LogP contribution in [-0.2, 0) is 33.4 Å². The summed E-state index contributed by atoms with van der Waals surface area (Å²) in [5.74, 6) is -0.479. The lowest BCUT2D eigenvalue weighted by molar-refractivity contribution is -0.149. The molecular weight excluding hydrogens is 572 g/mol. The average Bonchev–Trinajstić information content (AvgIpc) is 2.94. The zero-order chi connectivity index (χ0) is 33.9. The first-order valence-corrected chi connectivity index (χ1v) is 17.8. The molecule has 0 saturated carbocycles. The van der Waals surface area contributed by atoms with Gasteiger partial charge in [-0.3, -0.25) is 24.0 Å². The highest BCUT2D eigenvalue weighted by molar-refractivity contribution is 5.78. The second kappa shape index (κ2) is 27.8. The minimum atomic E-state index is -0.327. The summed E-state index contributed by atoms with van der Waals surface area (Å²) in [6, 6.07) is -0.375. The second-order valence-corrected chi connectivity index (χ2v) is 12.9. The molecule has 0 aromatic heterocycles. The summed E-state index contributed by atoms with van der Waals surface area (Å²) in [6.07, 6.45) is 21.6. The Morgan fingerprint density at radius 1 is 0.444 bits per heavy atom. The topological polar surface area (TPSA) is 128 Å². The maximum Gasteiger partial charge on any atom is 0.302 e. The number of ether oxygens (including phenoxy) is 2. The van der Waals surface area contributed by atoms with Gasteiger partial charge in [-0.05, 0) is 52.4 Å². The molecule has 4 unspecified atom stereocenters. The number of esters is 2. The first kappa shape index (κ1) is 42.6. The normalized spacial score (nSPS) is 13.7. The van der Waals surface area contributed by atoms with Crippen molar-refractivity contribution in [3.63, 3.8) is 0 Å². The van der Waals surface area contributed by atoms with Crippen LogP contribution in [0.2, 0.25) is 0 Å². The van der Waals surface area contributed by atoms with E-state index in [0.29, 0.717) is 18.6 Å². The van der Waals surface area contributed by atoms with Crippen LogP contribution in [0.25, 0.3) is 0 Å². The fourth-order valence-electron chi connectivity index (χ4n) is 5.83. The third-order valence-electron chi connectivity index (χ3n) is 8.25. The Morgan fingerprint density at radius 3 is 0.978 bits per heavy atom. The zero-order valence-corrected chi connectivity index (χ0v) is 29.5. The van der Waals surface area contributed by atoms with Crippen molar-refractivity contribution in [2.75, 3.05) is 0 Å². The van der Waals surface area contributed by atoms with E-state index in [4.69, 9.17) is 9.47 Å². The highest BCUT2D eigenvalue weighted by Gasteiger charge is 2.21. The van der Waals surface area contributed by atoms with Crippen molar-refractivity contribution in [3.05, 3.63) is 0 Å². The summed E-state index contributed by atoms with van der Waals surface area (Å²) < 4.78 is 10.8. The Morgan fingerprint density at radius 2 is 0.711 bits per heavy atom. The van der Waals surface area contributed by atoms with Gasteiger partial charge in [0.25, 0.3) is 0 Å². The largest absolute Gasteiger partial charge is 0.460 e. The van der Waals surface area contributed by atoms with Crippen molar-refractivity contribution in [1.82, 2.24) is 10.6 Å². The van der Waals surface area contributed by atoms with E-state index in [-0.39, 0.29) is 48.0 Å². The van der Waals surface area contributed by atoms with E-state index < -0.39 is 0 Å². The molecule has 0 aliphatic rings. The van der Waals surface area contributed by atoms with E-state index in [1.807, 2.05) is 13.8 Å². The van der Waals surface area contributed by atoms with Crippen LogP contribution in [0.15, 0.2) is 0 Å². The van der Waals surface area contributed by atoms with Crippen molar-refractivity contribution < 1.29 is 33.4 Å². The quantitative estimate of drug-likeness (QED) is 0.0636. The van der Waals surface area contributed by atoms with E-state index in [2.05, 4.69) is 10.6 Å². The molecular formula is C36H66N2O7. The maximum atomic E-state index is 12.2. The summed E-state index contributed by atoms with van der Waals surface area (Å²) in [6.45, 7) is 9.49. The lowest BCUT2D eigenvalue weighted by atomic mass is 10.0. The number of Topliss-reactive ketones (excluding diaryl/α,β-unsaturated/α-hetero) is 1. The van der Waals surface area contributed by atoms with Crippen molar-refractivity contribution in [3.8, 4) is 0 Å². The lowest BCUT2D eigenvalue weighted by Crippen LogP contribution is -2.42. The standard InChI is InChI=1S/C36H66N2O7/c1-28(37-30(3)39)35(44-32(5)41)26-22-18-14-12-10-8-7-9-11-13-16-20-24-34(43)25-21-17-15-19-23-27-36(45-33(6)42)29(2)38-31(4)40/h28-29,35-36H,7-27H2,1-6H3,(H,37,39)(H,38,40). The molecule has 45 heavy (non-hydrogen) atoms. The molecule has 9 nitrogen and oxygen atoms in total. The molecule has 9 heteroatoms. The molecule has 4 atom stereocenters. The summed E-state index contributed by atoms with van der Waals surface area (Å²) in [7, 11) is 0. The molecule has 0 spiro atoms. The van der Waals surface area contributed by atoms with Crippen LogP contribution in [0.3, 0.4) is 0 Å². The summed E-state index contributed by atoms with van der Waals surface area (Å²) in [4.78, 5) is 57.6. The van der Waals surface area contributed by atoms with Crippen LogP contribution in [0.4, 0.5) is 0 Å². The number of ketones is 1. The molecule has 262 valence electrons. The minimum absolute atomic E-state index is 0.109. The van der Waals surface area contributed by atoms with Crippen LogP contribution < -0.4 is 10.6 Å². The molecule has 0 saturated heterocycles. The Kier molecular flexibility index (Phi) is 26.3. The monoisotopic (exact) mass is 638 g/mol. The number of hydrogen-bond donors (Lipinski definition) is 2. The molecule has 0 aromatic carbocycles. The number of unbranched alkanes of at least 4 members (excludes halogenated alkanes) is 15. The Labute approximate surface area is 274 Å². The van der Waals surface area contributed by atoms with Gasteiger partial charge < -0.3 is 20.1 Å². The highest BCUT2D eigenvalue weighted by Crippen LogP contribution is 2.17. The summed E-state index contributed by atoms with van der Waals surface area (Å²) >= 11 is 0. The first-order chi connectivity index (χ1) is 21.4. The Balaban J connectivity index is 3.64. The van der Waals surface area contributed by atoms with Gasteiger partial charge in [0.05, 0.1) is 12.1 Å². The Bertz CT molecular complexity index is 832. The predicted octanol–water partition coefficient (Wildman–Crippen LogP) is 7.66. The fraction of sp³-hybridized carbons (Fsp3) is 0.861. The van der Waals surface area contributed by atoms with Crippen molar-refractivity contribution in [2.24, 2.45) is 0 Å².